The molecule has 2 N–H and O–H groups in total. The Bertz CT molecular complexity index is 417. The van der Waals surface area contributed by atoms with E-state index in [0.717, 1.165) is 12.8 Å². The van der Waals surface area contributed by atoms with Crippen molar-refractivity contribution >= 4 is 11.7 Å². The first kappa shape index (κ1) is 13.8. The lowest BCUT2D eigenvalue weighted by Gasteiger charge is -2.11. The molecule has 0 saturated heterocycles. The minimum Gasteiger partial charge on any atom is -0.376 e. The molecule has 104 valence electrons. The molecule has 0 spiro atoms. The summed E-state index contributed by atoms with van der Waals surface area (Å²) in [4.78, 5) is 16.0. The van der Waals surface area contributed by atoms with Crippen molar-refractivity contribution in [3.05, 3.63) is 23.9 Å². The molecule has 19 heavy (non-hydrogen) atoms. The summed E-state index contributed by atoms with van der Waals surface area (Å²) in [6, 6.07) is 3.43. The molecule has 5 nitrogen and oxygen atoms in total. The van der Waals surface area contributed by atoms with Gasteiger partial charge in [-0.05, 0) is 25.0 Å². The van der Waals surface area contributed by atoms with Gasteiger partial charge in [-0.2, -0.15) is 0 Å². The first-order chi connectivity index (χ1) is 9.29. The third kappa shape index (κ3) is 4.21. The van der Waals surface area contributed by atoms with Crippen molar-refractivity contribution in [1.82, 2.24) is 10.3 Å². The molecule has 0 atom stereocenters. The molecule has 0 unspecified atom stereocenters. The Morgan fingerprint density at radius 1 is 1.47 bits per heavy atom. The summed E-state index contributed by atoms with van der Waals surface area (Å²) in [6.07, 6.45) is 6.86. The van der Waals surface area contributed by atoms with E-state index in [0.29, 0.717) is 30.6 Å². The van der Waals surface area contributed by atoms with Crippen LogP contribution in [0.2, 0.25) is 0 Å². The zero-order valence-electron chi connectivity index (χ0n) is 11.3. The number of pyridine rings is 1. The minimum absolute atomic E-state index is 0.0890. The number of carbonyl (C=O) groups excluding carboxylic acids is 1. The van der Waals surface area contributed by atoms with Crippen LogP contribution in [0.3, 0.4) is 0 Å². The Balaban J connectivity index is 1.71. The predicted molar refractivity (Wildman–Crippen MR) is 74.3 cm³/mol. The predicted octanol–water partition coefficient (Wildman–Crippen LogP) is 1.81. The van der Waals surface area contributed by atoms with Gasteiger partial charge in [-0.1, -0.05) is 12.8 Å². The van der Waals surface area contributed by atoms with E-state index in [-0.39, 0.29) is 5.91 Å². The van der Waals surface area contributed by atoms with Crippen LogP contribution in [-0.2, 0) is 4.74 Å². The van der Waals surface area contributed by atoms with Crippen molar-refractivity contribution in [2.24, 2.45) is 0 Å². The molecule has 1 amide bonds. The number of ether oxygens (including phenoxy) is 1. The van der Waals surface area contributed by atoms with Gasteiger partial charge in [0.05, 0.1) is 12.7 Å². The zero-order chi connectivity index (χ0) is 13.5. The van der Waals surface area contributed by atoms with E-state index in [1.165, 1.54) is 12.8 Å². The number of aromatic nitrogens is 1. The van der Waals surface area contributed by atoms with Crippen LogP contribution in [0, 0.1) is 0 Å². The SMILES string of the molecule is CNc1cc(C(=O)NCCOC2CCCC2)ccn1. The third-order valence-corrected chi connectivity index (χ3v) is 3.32. The topological polar surface area (TPSA) is 63.2 Å². The lowest BCUT2D eigenvalue weighted by atomic mass is 10.2. The monoisotopic (exact) mass is 263 g/mol. The Kier molecular flexibility index (Phi) is 5.15. The molecule has 2 rings (SSSR count). The fourth-order valence-corrected chi connectivity index (χ4v) is 2.26. The van der Waals surface area contributed by atoms with Crippen molar-refractivity contribution < 1.29 is 9.53 Å². The molecule has 1 aromatic heterocycles. The molecule has 1 saturated carbocycles. The number of anilines is 1. The number of rotatable bonds is 6. The lowest BCUT2D eigenvalue weighted by molar-refractivity contribution is 0.0582. The second-order valence-electron chi connectivity index (χ2n) is 4.71. The zero-order valence-corrected chi connectivity index (χ0v) is 11.3. The lowest BCUT2D eigenvalue weighted by Crippen LogP contribution is -2.28. The smallest absolute Gasteiger partial charge is 0.251 e. The molecule has 0 aliphatic heterocycles. The van der Waals surface area contributed by atoms with Crippen molar-refractivity contribution in [2.75, 3.05) is 25.5 Å². The average Bonchev–Trinajstić information content (AvgIpc) is 2.96. The molecular formula is C14H21N3O2. The van der Waals surface area contributed by atoms with E-state index in [2.05, 4.69) is 15.6 Å². The van der Waals surface area contributed by atoms with Gasteiger partial charge >= 0.3 is 0 Å². The van der Waals surface area contributed by atoms with E-state index >= 15 is 0 Å². The molecular weight excluding hydrogens is 242 g/mol. The highest BCUT2D eigenvalue weighted by atomic mass is 16.5. The summed E-state index contributed by atoms with van der Waals surface area (Å²) in [5.74, 6) is 0.601. The number of carbonyl (C=O) groups is 1. The van der Waals surface area contributed by atoms with Crippen LogP contribution in [-0.4, -0.2) is 37.2 Å². The molecule has 5 heteroatoms. The van der Waals surface area contributed by atoms with Gasteiger partial charge in [0, 0.05) is 25.4 Å². The maximum atomic E-state index is 11.9. The summed E-state index contributed by atoms with van der Waals surface area (Å²) in [7, 11) is 1.78. The Labute approximate surface area is 113 Å². The summed E-state index contributed by atoms with van der Waals surface area (Å²) in [5, 5.41) is 5.77. The van der Waals surface area contributed by atoms with Crippen LogP contribution in [0.4, 0.5) is 5.82 Å². The summed E-state index contributed by atoms with van der Waals surface area (Å²) in [6.45, 7) is 1.13. The minimum atomic E-state index is -0.0890. The molecule has 0 bridgehead atoms. The number of amides is 1. The molecule has 1 heterocycles. The highest BCUT2D eigenvalue weighted by molar-refractivity contribution is 5.94. The van der Waals surface area contributed by atoms with Gasteiger partial charge in [0.1, 0.15) is 5.82 Å². The fourth-order valence-electron chi connectivity index (χ4n) is 2.26. The van der Waals surface area contributed by atoms with Crippen molar-refractivity contribution in [1.29, 1.82) is 0 Å². The summed E-state index contributed by atoms with van der Waals surface area (Å²) < 4.78 is 5.69. The van der Waals surface area contributed by atoms with E-state index in [9.17, 15) is 4.79 Å². The Hall–Kier alpha value is -1.62. The highest BCUT2D eigenvalue weighted by Crippen LogP contribution is 2.20. The molecule has 1 aliphatic carbocycles. The molecule has 0 radical (unpaired) electrons. The van der Waals surface area contributed by atoms with E-state index < -0.39 is 0 Å². The second kappa shape index (κ2) is 7.09. The standard InChI is InChI=1S/C14H21N3O2/c1-15-13-10-11(6-7-16-13)14(18)17-8-9-19-12-4-2-3-5-12/h6-7,10,12H,2-5,8-9H2,1H3,(H,15,16)(H,17,18). The molecule has 1 fully saturated rings. The van der Waals surface area contributed by atoms with Gasteiger partial charge in [-0.3, -0.25) is 4.79 Å². The van der Waals surface area contributed by atoms with Crippen LogP contribution in [0.25, 0.3) is 0 Å². The highest BCUT2D eigenvalue weighted by Gasteiger charge is 2.15. The van der Waals surface area contributed by atoms with Crippen LogP contribution in [0.5, 0.6) is 0 Å². The quantitative estimate of drug-likeness (QED) is 0.768. The van der Waals surface area contributed by atoms with Crippen molar-refractivity contribution in [3.8, 4) is 0 Å². The van der Waals surface area contributed by atoms with Gasteiger partial charge in [0.15, 0.2) is 0 Å². The Morgan fingerprint density at radius 2 is 2.26 bits per heavy atom. The first-order valence-corrected chi connectivity index (χ1v) is 6.83. The van der Waals surface area contributed by atoms with E-state index in [1.54, 1.807) is 25.4 Å². The van der Waals surface area contributed by atoms with E-state index in [1.807, 2.05) is 0 Å². The largest absolute Gasteiger partial charge is 0.376 e. The molecule has 0 aromatic carbocycles. The number of nitrogens with zero attached hydrogens (tertiary/aromatic N) is 1. The van der Waals surface area contributed by atoms with Crippen molar-refractivity contribution in [2.45, 2.75) is 31.8 Å². The average molecular weight is 263 g/mol. The molecule has 1 aromatic rings. The third-order valence-electron chi connectivity index (χ3n) is 3.32. The summed E-state index contributed by atoms with van der Waals surface area (Å²) in [5.41, 5.74) is 0.611. The van der Waals surface area contributed by atoms with E-state index in [4.69, 9.17) is 4.74 Å². The maximum Gasteiger partial charge on any atom is 0.251 e. The van der Waals surface area contributed by atoms with Gasteiger partial charge in [-0.15, -0.1) is 0 Å². The van der Waals surface area contributed by atoms with Gasteiger partial charge in [0.25, 0.3) is 5.91 Å². The second-order valence-corrected chi connectivity index (χ2v) is 4.71. The normalized spacial score (nSPS) is 15.4. The van der Waals surface area contributed by atoms with Gasteiger partial charge in [0.2, 0.25) is 0 Å². The maximum absolute atomic E-state index is 11.9. The van der Waals surface area contributed by atoms with Gasteiger partial charge < -0.3 is 15.4 Å². The molecule has 1 aliphatic rings. The van der Waals surface area contributed by atoms with Crippen LogP contribution >= 0.6 is 0 Å². The van der Waals surface area contributed by atoms with Crippen molar-refractivity contribution in [3.63, 3.8) is 0 Å². The van der Waals surface area contributed by atoms with Gasteiger partial charge in [-0.25, -0.2) is 4.98 Å². The van der Waals surface area contributed by atoms with Crippen LogP contribution in [0.15, 0.2) is 18.3 Å². The summed E-state index contributed by atoms with van der Waals surface area (Å²) >= 11 is 0. The number of nitrogens with one attached hydrogen (secondary N) is 2. The number of hydrogen-bond donors (Lipinski definition) is 2. The van der Waals surface area contributed by atoms with Crippen LogP contribution < -0.4 is 10.6 Å². The number of hydrogen-bond acceptors (Lipinski definition) is 4. The van der Waals surface area contributed by atoms with Crippen LogP contribution in [0.1, 0.15) is 36.0 Å². The fraction of sp³-hybridized carbons (Fsp3) is 0.571. The Morgan fingerprint density at radius 3 is 3.00 bits per heavy atom. The first-order valence-electron chi connectivity index (χ1n) is 6.83.